The number of nitrogens with one attached hydrogen (secondary N) is 1. The van der Waals surface area contributed by atoms with Crippen LogP contribution in [0.4, 0.5) is 13.9 Å². The second kappa shape index (κ2) is 7.29. The number of nitrogens with zero attached hydrogens (tertiary/aromatic N) is 3. The van der Waals surface area contributed by atoms with Crippen LogP contribution >= 0.6 is 11.3 Å². The lowest BCUT2D eigenvalue weighted by Crippen LogP contribution is -2.12. The van der Waals surface area contributed by atoms with E-state index in [4.69, 9.17) is 0 Å². The maximum atomic E-state index is 13.7. The Morgan fingerprint density at radius 1 is 1.07 bits per heavy atom. The summed E-state index contributed by atoms with van der Waals surface area (Å²) < 4.78 is 27.4. The van der Waals surface area contributed by atoms with Gasteiger partial charge in [-0.25, -0.2) is 13.8 Å². The fourth-order valence-electron chi connectivity index (χ4n) is 2.95. The molecule has 5 nitrogen and oxygen atoms in total. The van der Waals surface area contributed by atoms with E-state index in [1.807, 2.05) is 12.1 Å². The van der Waals surface area contributed by atoms with E-state index in [9.17, 15) is 13.6 Å². The maximum absolute atomic E-state index is 13.7. The van der Waals surface area contributed by atoms with Crippen molar-refractivity contribution >= 4 is 33.3 Å². The van der Waals surface area contributed by atoms with E-state index < -0.39 is 5.92 Å². The van der Waals surface area contributed by atoms with Crippen LogP contribution in [0.3, 0.4) is 0 Å². The molecule has 2 heterocycles. The summed E-state index contributed by atoms with van der Waals surface area (Å²) in [4.78, 5) is 17.4. The molecule has 8 heteroatoms. The second-order valence-corrected chi connectivity index (χ2v) is 7.80. The largest absolute Gasteiger partial charge is 0.296 e. The molecular formula is C21H16F2N4OS. The normalized spacial score (nSPS) is 11.6. The van der Waals surface area contributed by atoms with Crippen molar-refractivity contribution in [1.82, 2.24) is 15.2 Å². The summed E-state index contributed by atoms with van der Waals surface area (Å²) in [5.74, 6) is -3.30. The van der Waals surface area contributed by atoms with Gasteiger partial charge in [-0.05, 0) is 25.1 Å². The smallest absolute Gasteiger partial charge is 0.270 e. The predicted molar refractivity (Wildman–Crippen MR) is 109 cm³/mol. The molecule has 0 saturated heterocycles. The molecule has 0 unspecified atom stereocenters. The minimum Gasteiger partial charge on any atom is -0.296 e. The number of pyridine rings is 1. The Morgan fingerprint density at radius 2 is 1.86 bits per heavy atom. The highest BCUT2D eigenvalue weighted by atomic mass is 32.1. The lowest BCUT2D eigenvalue weighted by Gasteiger charge is -2.12. The Morgan fingerprint density at radius 3 is 2.59 bits per heavy atom. The summed E-state index contributed by atoms with van der Waals surface area (Å²) in [6, 6.07) is 14.9. The van der Waals surface area contributed by atoms with Crippen molar-refractivity contribution in [1.29, 1.82) is 0 Å². The average molecular weight is 410 g/mol. The molecule has 4 aromatic rings. The third-order valence-corrected chi connectivity index (χ3v) is 5.13. The van der Waals surface area contributed by atoms with E-state index in [-0.39, 0.29) is 11.5 Å². The Hall–Kier alpha value is -3.26. The van der Waals surface area contributed by atoms with Gasteiger partial charge in [-0.2, -0.15) is 0 Å². The number of aromatic nitrogens is 3. The van der Waals surface area contributed by atoms with Gasteiger partial charge in [0.05, 0.1) is 16.8 Å². The minimum absolute atomic E-state index is 0.0884. The molecule has 4 rings (SSSR count). The number of alkyl halides is 2. The van der Waals surface area contributed by atoms with E-state index in [2.05, 4.69) is 20.5 Å². The van der Waals surface area contributed by atoms with E-state index in [0.717, 1.165) is 17.3 Å². The zero-order chi connectivity index (χ0) is 20.6. The number of para-hydroxylation sites is 1. The summed E-state index contributed by atoms with van der Waals surface area (Å²) in [5.41, 5.74) is 1.83. The Balaban J connectivity index is 1.76. The summed E-state index contributed by atoms with van der Waals surface area (Å²) in [5, 5.41) is 12.4. The SMILES string of the molecule is Cc1nnc(NC(=O)c2cccc3ccc(-c4cccc(C(C)(F)F)c4)nc23)s1. The molecule has 0 aliphatic heterocycles. The molecular weight excluding hydrogens is 394 g/mol. The third-order valence-electron chi connectivity index (χ3n) is 4.38. The van der Waals surface area contributed by atoms with Crippen LogP contribution in [0.5, 0.6) is 0 Å². The first-order chi connectivity index (χ1) is 13.8. The zero-order valence-corrected chi connectivity index (χ0v) is 16.4. The second-order valence-electron chi connectivity index (χ2n) is 6.62. The molecule has 0 aliphatic carbocycles. The van der Waals surface area contributed by atoms with Crippen molar-refractivity contribution < 1.29 is 13.6 Å². The molecule has 1 amide bonds. The van der Waals surface area contributed by atoms with Crippen molar-refractivity contribution in [2.45, 2.75) is 19.8 Å². The summed E-state index contributed by atoms with van der Waals surface area (Å²) in [7, 11) is 0. The highest BCUT2D eigenvalue weighted by Crippen LogP contribution is 2.31. The number of hydrogen-bond acceptors (Lipinski definition) is 5. The van der Waals surface area contributed by atoms with Crippen LogP contribution in [0.1, 0.15) is 27.9 Å². The lowest BCUT2D eigenvalue weighted by molar-refractivity contribution is 0.0175. The first kappa shape index (κ1) is 19.1. The topological polar surface area (TPSA) is 67.8 Å². The number of halogens is 2. The molecule has 0 saturated carbocycles. The summed E-state index contributed by atoms with van der Waals surface area (Å²) in [6.07, 6.45) is 0. The number of benzene rings is 2. The number of anilines is 1. The van der Waals surface area contributed by atoms with Gasteiger partial charge in [0.2, 0.25) is 5.13 Å². The molecule has 0 bridgehead atoms. The molecule has 0 spiro atoms. The summed E-state index contributed by atoms with van der Waals surface area (Å²) in [6.45, 7) is 2.66. The number of rotatable bonds is 4. The summed E-state index contributed by atoms with van der Waals surface area (Å²) >= 11 is 1.27. The number of carbonyl (C=O) groups is 1. The van der Waals surface area contributed by atoms with Crippen molar-refractivity contribution in [3.8, 4) is 11.3 Å². The fourth-order valence-corrected chi connectivity index (χ4v) is 3.54. The van der Waals surface area contributed by atoms with Gasteiger partial charge < -0.3 is 0 Å². The van der Waals surface area contributed by atoms with Crippen molar-refractivity contribution in [2.75, 3.05) is 5.32 Å². The highest BCUT2D eigenvalue weighted by molar-refractivity contribution is 7.15. The first-order valence-corrected chi connectivity index (χ1v) is 9.63. The third kappa shape index (κ3) is 3.97. The Kier molecular flexibility index (Phi) is 4.79. The number of fused-ring (bicyclic) bond motifs is 1. The van der Waals surface area contributed by atoms with Gasteiger partial charge in [0.15, 0.2) is 0 Å². The monoisotopic (exact) mass is 410 g/mol. The van der Waals surface area contributed by atoms with E-state index >= 15 is 0 Å². The lowest BCUT2D eigenvalue weighted by atomic mass is 10.0. The van der Waals surface area contributed by atoms with Crippen LogP contribution in [-0.2, 0) is 5.92 Å². The van der Waals surface area contributed by atoms with E-state index in [1.165, 1.54) is 23.5 Å². The van der Waals surface area contributed by atoms with Crippen LogP contribution < -0.4 is 5.32 Å². The molecule has 0 aliphatic rings. The van der Waals surface area contributed by atoms with Crippen LogP contribution in [0, 0.1) is 6.92 Å². The number of hydrogen-bond donors (Lipinski definition) is 1. The van der Waals surface area contributed by atoms with Gasteiger partial charge >= 0.3 is 0 Å². The zero-order valence-electron chi connectivity index (χ0n) is 15.6. The Bertz CT molecular complexity index is 1220. The van der Waals surface area contributed by atoms with Gasteiger partial charge in [0, 0.05) is 23.4 Å². The van der Waals surface area contributed by atoms with Gasteiger partial charge in [-0.3, -0.25) is 10.1 Å². The fraction of sp³-hybridized carbons (Fsp3) is 0.143. The molecule has 0 fully saturated rings. The average Bonchev–Trinajstić information content (AvgIpc) is 3.11. The molecule has 2 aromatic heterocycles. The number of carbonyl (C=O) groups excluding carboxylic acids is 1. The van der Waals surface area contributed by atoms with Crippen LogP contribution in [0.2, 0.25) is 0 Å². The molecule has 0 radical (unpaired) electrons. The van der Waals surface area contributed by atoms with Crippen LogP contribution in [0.25, 0.3) is 22.2 Å². The minimum atomic E-state index is -2.95. The highest BCUT2D eigenvalue weighted by Gasteiger charge is 2.24. The van der Waals surface area contributed by atoms with Gasteiger partial charge in [0.1, 0.15) is 5.01 Å². The van der Waals surface area contributed by atoms with Gasteiger partial charge in [-0.1, -0.05) is 47.7 Å². The quantitative estimate of drug-likeness (QED) is 0.487. The van der Waals surface area contributed by atoms with Crippen LogP contribution in [0.15, 0.2) is 54.6 Å². The van der Waals surface area contributed by atoms with Crippen molar-refractivity contribution in [2.24, 2.45) is 0 Å². The molecule has 146 valence electrons. The predicted octanol–water partition coefficient (Wildman–Crippen LogP) is 5.43. The molecule has 0 atom stereocenters. The number of amides is 1. The van der Waals surface area contributed by atoms with E-state index in [1.54, 1.807) is 37.3 Å². The number of aryl methyl sites for hydroxylation is 1. The van der Waals surface area contributed by atoms with E-state index in [0.29, 0.717) is 27.5 Å². The first-order valence-electron chi connectivity index (χ1n) is 8.81. The Labute approximate surface area is 169 Å². The van der Waals surface area contributed by atoms with Crippen LogP contribution in [-0.4, -0.2) is 21.1 Å². The molecule has 2 aromatic carbocycles. The van der Waals surface area contributed by atoms with Crippen molar-refractivity contribution in [3.63, 3.8) is 0 Å². The molecule has 1 N–H and O–H groups in total. The maximum Gasteiger partial charge on any atom is 0.270 e. The molecule has 29 heavy (non-hydrogen) atoms. The van der Waals surface area contributed by atoms with Crippen molar-refractivity contribution in [3.05, 3.63) is 70.7 Å². The van der Waals surface area contributed by atoms with Gasteiger partial charge in [-0.15, -0.1) is 10.2 Å². The standard InChI is InChI=1S/C21H16F2N4OS/c1-12-26-27-20(29-12)25-19(28)16-8-4-5-13-9-10-17(24-18(13)16)14-6-3-7-15(11-14)21(2,22)23/h3-11H,1-2H3,(H,25,27,28). The van der Waals surface area contributed by atoms with Gasteiger partial charge in [0.25, 0.3) is 11.8 Å².